The summed E-state index contributed by atoms with van der Waals surface area (Å²) in [5.41, 5.74) is 1.32. The summed E-state index contributed by atoms with van der Waals surface area (Å²) in [7, 11) is 1.57. The number of rotatable bonds is 9. The van der Waals surface area contributed by atoms with Gasteiger partial charge >= 0.3 is 6.18 Å². The Kier molecular flexibility index (Phi) is 7.62. The maximum Gasteiger partial charge on any atom is 0.416 e. The number of benzene rings is 2. The van der Waals surface area contributed by atoms with Crippen LogP contribution in [0, 0.1) is 0 Å². The lowest BCUT2D eigenvalue weighted by Crippen LogP contribution is -2.32. The van der Waals surface area contributed by atoms with Gasteiger partial charge in [0, 0.05) is 30.5 Å². The summed E-state index contributed by atoms with van der Waals surface area (Å²) in [5, 5.41) is 0. The molecule has 0 radical (unpaired) electrons. The number of halogens is 3. The molecule has 170 valence electrons. The second kappa shape index (κ2) is 10.4. The van der Waals surface area contributed by atoms with E-state index in [1.807, 2.05) is 22.9 Å². The number of nitrogens with zero attached hydrogens (tertiary/aromatic N) is 2. The van der Waals surface area contributed by atoms with Crippen LogP contribution in [0.1, 0.15) is 46.9 Å². The fourth-order valence-corrected chi connectivity index (χ4v) is 3.50. The van der Waals surface area contributed by atoms with Crippen molar-refractivity contribution < 1.29 is 22.7 Å². The summed E-state index contributed by atoms with van der Waals surface area (Å²) in [6.45, 7) is 3.32. The van der Waals surface area contributed by atoms with Gasteiger partial charge in [0.05, 0.1) is 19.2 Å². The number of hydrogen-bond donors (Lipinski definition) is 0. The second-order valence-electron chi connectivity index (χ2n) is 7.63. The van der Waals surface area contributed by atoms with E-state index in [1.54, 1.807) is 42.3 Å². The maximum absolute atomic E-state index is 13.2. The molecule has 4 nitrogen and oxygen atoms in total. The third kappa shape index (κ3) is 5.93. The molecule has 0 fully saturated rings. The Morgan fingerprint density at radius 3 is 2.47 bits per heavy atom. The van der Waals surface area contributed by atoms with Crippen LogP contribution in [0.4, 0.5) is 13.2 Å². The summed E-state index contributed by atoms with van der Waals surface area (Å²) in [6, 6.07) is 16.1. The van der Waals surface area contributed by atoms with Crippen LogP contribution in [0.2, 0.25) is 0 Å². The van der Waals surface area contributed by atoms with E-state index in [4.69, 9.17) is 4.74 Å². The standard InChI is InChI=1S/C25H27F3N2O2/c1-3-4-14-30(24(31)20-10-12-23(32-2)13-11-20)18-22-9-6-15-29(22)17-19-7-5-8-21(16-19)25(26,27)28/h5-13,15-16H,3-4,14,17-18H2,1-2H3. The minimum Gasteiger partial charge on any atom is -0.497 e. The average molecular weight is 444 g/mol. The average Bonchev–Trinajstić information content (AvgIpc) is 3.22. The summed E-state index contributed by atoms with van der Waals surface area (Å²) in [6.07, 6.45) is -0.753. The van der Waals surface area contributed by atoms with Crippen molar-refractivity contribution in [2.45, 2.75) is 39.0 Å². The highest BCUT2D eigenvalue weighted by Crippen LogP contribution is 2.29. The van der Waals surface area contributed by atoms with Crippen LogP contribution in [0.15, 0.2) is 66.9 Å². The first kappa shape index (κ1) is 23.4. The lowest BCUT2D eigenvalue weighted by atomic mass is 10.1. The van der Waals surface area contributed by atoms with E-state index in [9.17, 15) is 18.0 Å². The van der Waals surface area contributed by atoms with Gasteiger partial charge in [-0.15, -0.1) is 0 Å². The molecular formula is C25H27F3N2O2. The first-order valence-corrected chi connectivity index (χ1v) is 10.5. The first-order valence-electron chi connectivity index (χ1n) is 10.5. The van der Waals surface area contributed by atoms with Crippen molar-refractivity contribution in [3.05, 3.63) is 89.2 Å². The van der Waals surface area contributed by atoms with E-state index in [0.29, 0.717) is 36.5 Å². The van der Waals surface area contributed by atoms with Gasteiger partial charge in [0.2, 0.25) is 0 Å². The van der Waals surface area contributed by atoms with Crippen LogP contribution < -0.4 is 4.74 Å². The molecule has 3 rings (SSSR count). The number of carbonyl (C=O) groups is 1. The third-order valence-corrected chi connectivity index (χ3v) is 5.29. The molecule has 0 saturated heterocycles. The second-order valence-corrected chi connectivity index (χ2v) is 7.63. The molecule has 32 heavy (non-hydrogen) atoms. The molecule has 0 unspecified atom stereocenters. The Labute approximate surface area is 186 Å². The van der Waals surface area contributed by atoms with Crippen LogP contribution >= 0.6 is 0 Å². The fraction of sp³-hybridized carbons (Fsp3) is 0.320. The van der Waals surface area contributed by atoms with Crippen LogP contribution in [0.3, 0.4) is 0 Å². The number of unbranched alkanes of at least 4 members (excludes halogenated alkanes) is 1. The minimum atomic E-state index is -4.38. The molecule has 0 bridgehead atoms. The predicted molar refractivity (Wildman–Crippen MR) is 118 cm³/mol. The molecule has 3 aromatic rings. The third-order valence-electron chi connectivity index (χ3n) is 5.29. The van der Waals surface area contributed by atoms with Gasteiger partial charge in [0.25, 0.3) is 5.91 Å². The van der Waals surface area contributed by atoms with Crippen molar-refractivity contribution >= 4 is 5.91 Å². The molecule has 0 spiro atoms. The van der Waals surface area contributed by atoms with Gasteiger partial charge in [-0.05, 0) is 60.5 Å². The zero-order chi connectivity index (χ0) is 23.1. The topological polar surface area (TPSA) is 34.5 Å². The monoisotopic (exact) mass is 444 g/mol. The highest BCUT2D eigenvalue weighted by Gasteiger charge is 2.30. The summed E-state index contributed by atoms with van der Waals surface area (Å²) in [5.74, 6) is 0.588. The highest BCUT2D eigenvalue weighted by molar-refractivity contribution is 5.94. The molecule has 0 saturated carbocycles. The first-order chi connectivity index (χ1) is 15.3. The molecule has 1 amide bonds. The van der Waals surface area contributed by atoms with Gasteiger partial charge in [0.15, 0.2) is 0 Å². The quantitative estimate of drug-likeness (QED) is 0.405. The number of aromatic nitrogens is 1. The van der Waals surface area contributed by atoms with Crippen LogP contribution in [-0.4, -0.2) is 29.0 Å². The van der Waals surface area contributed by atoms with Crippen molar-refractivity contribution in [2.75, 3.05) is 13.7 Å². The van der Waals surface area contributed by atoms with E-state index in [2.05, 4.69) is 6.92 Å². The van der Waals surface area contributed by atoms with Crippen LogP contribution in [-0.2, 0) is 19.3 Å². The van der Waals surface area contributed by atoms with E-state index in [0.717, 1.165) is 24.6 Å². The van der Waals surface area contributed by atoms with E-state index >= 15 is 0 Å². The van der Waals surface area contributed by atoms with Gasteiger partial charge in [-0.25, -0.2) is 0 Å². The number of carbonyl (C=O) groups excluding carboxylic acids is 1. The van der Waals surface area contributed by atoms with Crippen molar-refractivity contribution in [2.24, 2.45) is 0 Å². The number of alkyl halides is 3. The normalized spacial score (nSPS) is 11.4. The van der Waals surface area contributed by atoms with Crippen molar-refractivity contribution in [3.8, 4) is 5.75 Å². The van der Waals surface area contributed by atoms with Gasteiger partial charge in [-0.3, -0.25) is 4.79 Å². The highest BCUT2D eigenvalue weighted by atomic mass is 19.4. The molecule has 2 aromatic carbocycles. The number of amides is 1. The SMILES string of the molecule is CCCCN(Cc1cccn1Cc1cccc(C(F)(F)F)c1)C(=O)c1ccc(OC)cc1. The van der Waals surface area contributed by atoms with Gasteiger partial charge < -0.3 is 14.2 Å². The Morgan fingerprint density at radius 1 is 1.06 bits per heavy atom. The molecular weight excluding hydrogens is 417 g/mol. The zero-order valence-electron chi connectivity index (χ0n) is 18.2. The van der Waals surface area contributed by atoms with Gasteiger partial charge in [-0.1, -0.05) is 25.5 Å². The number of hydrogen-bond acceptors (Lipinski definition) is 2. The van der Waals surface area contributed by atoms with Crippen molar-refractivity contribution in [3.63, 3.8) is 0 Å². The lowest BCUT2D eigenvalue weighted by Gasteiger charge is -2.24. The zero-order valence-corrected chi connectivity index (χ0v) is 18.2. The molecule has 0 aliphatic rings. The van der Waals surface area contributed by atoms with Crippen molar-refractivity contribution in [1.29, 1.82) is 0 Å². The van der Waals surface area contributed by atoms with E-state index < -0.39 is 11.7 Å². The van der Waals surface area contributed by atoms with E-state index in [1.165, 1.54) is 12.1 Å². The van der Waals surface area contributed by atoms with Crippen molar-refractivity contribution in [1.82, 2.24) is 9.47 Å². The molecule has 1 heterocycles. The Morgan fingerprint density at radius 2 is 1.81 bits per heavy atom. The lowest BCUT2D eigenvalue weighted by molar-refractivity contribution is -0.137. The predicted octanol–water partition coefficient (Wildman–Crippen LogP) is 6.01. The number of methoxy groups -OCH3 is 1. The summed E-state index contributed by atoms with van der Waals surface area (Å²) < 4.78 is 46.2. The van der Waals surface area contributed by atoms with Gasteiger partial charge in [-0.2, -0.15) is 13.2 Å². The summed E-state index contributed by atoms with van der Waals surface area (Å²) >= 11 is 0. The molecule has 1 aromatic heterocycles. The number of ether oxygens (including phenoxy) is 1. The maximum atomic E-state index is 13.2. The van der Waals surface area contributed by atoms with Gasteiger partial charge in [0.1, 0.15) is 5.75 Å². The molecule has 7 heteroatoms. The molecule has 0 aliphatic carbocycles. The van der Waals surface area contributed by atoms with Crippen LogP contribution in [0.5, 0.6) is 5.75 Å². The summed E-state index contributed by atoms with van der Waals surface area (Å²) in [4.78, 5) is 14.9. The van der Waals surface area contributed by atoms with Crippen LogP contribution in [0.25, 0.3) is 0 Å². The Hall–Kier alpha value is -3.22. The fourth-order valence-electron chi connectivity index (χ4n) is 3.50. The largest absolute Gasteiger partial charge is 0.497 e. The molecule has 0 N–H and O–H groups in total. The Balaban J connectivity index is 1.79. The van der Waals surface area contributed by atoms with E-state index in [-0.39, 0.29) is 5.91 Å². The smallest absolute Gasteiger partial charge is 0.416 e. The molecule has 0 atom stereocenters. The Bertz CT molecular complexity index is 1030. The minimum absolute atomic E-state index is 0.0899. The molecule has 0 aliphatic heterocycles.